The zero-order valence-electron chi connectivity index (χ0n) is 13.1. The Hall–Kier alpha value is -0.570. The fraction of sp³-hybridized carbons (Fsp3) is 0.500. The first-order valence-corrected chi connectivity index (χ1v) is 9.50. The van der Waals surface area contributed by atoms with Gasteiger partial charge in [-0.25, -0.2) is 13.1 Å². The summed E-state index contributed by atoms with van der Waals surface area (Å²) in [5.41, 5.74) is 0. The second kappa shape index (κ2) is 9.22. The Kier molecular flexibility index (Phi) is 8.25. The lowest BCUT2D eigenvalue weighted by atomic mass is 10.2. The lowest BCUT2D eigenvalue weighted by Gasteiger charge is -2.32. The number of halogens is 3. The zero-order chi connectivity index (χ0) is 17.0. The SMILES string of the molecule is CC1CN(C(=O)CCNS(=O)(=O)c2c(Cl)cccc2Cl)CCN1.Cl. The van der Waals surface area contributed by atoms with Crippen molar-refractivity contribution in [2.75, 3.05) is 26.2 Å². The standard InChI is InChI=1S/C14H19Cl2N3O3S.ClH/c1-10-9-19(8-7-17-10)13(20)5-6-18-23(21,22)14-11(15)3-2-4-12(14)16;/h2-4,10,17-18H,5-9H2,1H3;1H. The number of nitrogens with zero attached hydrogens (tertiary/aromatic N) is 1. The largest absolute Gasteiger partial charge is 0.340 e. The van der Waals surface area contributed by atoms with Gasteiger partial charge < -0.3 is 10.2 Å². The van der Waals surface area contributed by atoms with Gasteiger partial charge in [-0.05, 0) is 19.1 Å². The number of carbonyl (C=O) groups excluding carboxylic acids is 1. The summed E-state index contributed by atoms with van der Waals surface area (Å²) < 4.78 is 26.9. The summed E-state index contributed by atoms with van der Waals surface area (Å²) in [5, 5.41) is 3.34. The number of benzene rings is 1. The fourth-order valence-electron chi connectivity index (χ4n) is 2.42. The Morgan fingerprint density at radius 3 is 2.58 bits per heavy atom. The molecule has 2 N–H and O–H groups in total. The van der Waals surface area contributed by atoms with Gasteiger partial charge in [-0.15, -0.1) is 12.4 Å². The number of sulfonamides is 1. The number of carbonyl (C=O) groups is 1. The van der Waals surface area contributed by atoms with Crippen LogP contribution in [0.3, 0.4) is 0 Å². The van der Waals surface area contributed by atoms with E-state index in [4.69, 9.17) is 23.2 Å². The van der Waals surface area contributed by atoms with Crippen LogP contribution in [0, 0.1) is 0 Å². The summed E-state index contributed by atoms with van der Waals surface area (Å²) in [4.78, 5) is 13.7. The first-order valence-electron chi connectivity index (χ1n) is 7.26. The van der Waals surface area contributed by atoms with Crippen molar-refractivity contribution in [2.45, 2.75) is 24.3 Å². The van der Waals surface area contributed by atoms with Crippen molar-refractivity contribution >= 4 is 51.5 Å². The lowest BCUT2D eigenvalue weighted by molar-refractivity contribution is -0.132. The summed E-state index contributed by atoms with van der Waals surface area (Å²) in [6.07, 6.45) is 0.0913. The van der Waals surface area contributed by atoms with Crippen LogP contribution in [0.4, 0.5) is 0 Å². The van der Waals surface area contributed by atoms with Gasteiger partial charge in [-0.3, -0.25) is 4.79 Å². The molecule has 1 saturated heterocycles. The highest BCUT2D eigenvalue weighted by Crippen LogP contribution is 2.28. The molecule has 1 heterocycles. The highest BCUT2D eigenvalue weighted by Gasteiger charge is 2.23. The molecule has 10 heteroatoms. The van der Waals surface area contributed by atoms with Crippen molar-refractivity contribution in [3.8, 4) is 0 Å². The maximum absolute atomic E-state index is 12.3. The molecule has 1 aromatic rings. The first-order chi connectivity index (χ1) is 10.8. The fourth-order valence-corrected chi connectivity index (χ4v) is 4.59. The average Bonchev–Trinajstić information content (AvgIpc) is 2.46. The molecule has 1 atom stereocenters. The molecule has 1 unspecified atom stereocenters. The second-order valence-electron chi connectivity index (χ2n) is 5.39. The van der Waals surface area contributed by atoms with E-state index in [0.717, 1.165) is 6.54 Å². The van der Waals surface area contributed by atoms with Gasteiger partial charge in [0.2, 0.25) is 15.9 Å². The Bertz CT molecular complexity index is 665. The van der Waals surface area contributed by atoms with Crippen molar-refractivity contribution in [2.24, 2.45) is 0 Å². The molecule has 136 valence electrons. The number of rotatable bonds is 5. The van der Waals surface area contributed by atoms with E-state index in [9.17, 15) is 13.2 Å². The van der Waals surface area contributed by atoms with Gasteiger partial charge in [0.15, 0.2) is 0 Å². The van der Waals surface area contributed by atoms with Crippen LogP contribution in [0.1, 0.15) is 13.3 Å². The minimum absolute atomic E-state index is 0. The third-order valence-corrected chi connectivity index (χ3v) is 5.96. The van der Waals surface area contributed by atoms with E-state index in [1.807, 2.05) is 6.92 Å². The van der Waals surface area contributed by atoms with Gasteiger partial charge in [0.25, 0.3) is 0 Å². The van der Waals surface area contributed by atoms with Crippen molar-refractivity contribution in [1.29, 1.82) is 0 Å². The normalized spacial score (nSPS) is 18.1. The maximum atomic E-state index is 12.3. The van der Waals surface area contributed by atoms with Crippen LogP contribution in [0.15, 0.2) is 23.1 Å². The Balaban J connectivity index is 0.00000288. The number of hydrogen-bond donors (Lipinski definition) is 2. The van der Waals surface area contributed by atoms with Crippen LogP contribution < -0.4 is 10.0 Å². The van der Waals surface area contributed by atoms with Crippen LogP contribution in [0.25, 0.3) is 0 Å². The molecule has 1 fully saturated rings. The minimum atomic E-state index is -3.86. The van der Waals surface area contributed by atoms with Crippen molar-refractivity contribution in [1.82, 2.24) is 14.9 Å². The summed E-state index contributed by atoms with van der Waals surface area (Å²) >= 11 is 11.8. The van der Waals surface area contributed by atoms with E-state index in [1.54, 1.807) is 11.0 Å². The topological polar surface area (TPSA) is 78.5 Å². The number of piperazine rings is 1. The first kappa shape index (κ1) is 21.5. The molecule has 1 aliphatic heterocycles. The maximum Gasteiger partial charge on any atom is 0.243 e. The molecule has 1 aliphatic rings. The van der Waals surface area contributed by atoms with Gasteiger partial charge in [0.05, 0.1) is 10.0 Å². The molecule has 0 aliphatic carbocycles. The molecule has 1 aromatic carbocycles. The van der Waals surface area contributed by atoms with Gasteiger partial charge in [-0.2, -0.15) is 0 Å². The molecule has 0 radical (unpaired) electrons. The predicted molar refractivity (Wildman–Crippen MR) is 97.6 cm³/mol. The second-order valence-corrected chi connectivity index (χ2v) is 7.91. The molecule has 0 aromatic heterocycles. The molecular formula is C14H20Cl3N3O3S. The van der Waals surface area contributed by atoms with Crippen molar-refractivity contribution < 1.29 is 13.2 Å². The summed E-state index contributed by atoms with van der Waals surface area (Å²) in [6, 6.07) is 4.72. The summed E-state index contributed by atoms with van der Waals surface area (Å²) in [7, 11) is -3.86. The van der Waals surface area contributed by atoms with Crippen LogP contribution in [0.5, 0.6) is 0 Å². The number of nitrogens with one attached hydrogen (secondary N) is 2. The monoisotopic (exact) mass is 415 g/mol. The van der Waals surface area contributed by atoms with Gasteiger partial charge in [0, 0.05) is 38.6 Å². The Morgan fingerprint density at radius 2 is 2.00 bits per heavy atom. The van der Waals surface area contributed by atoms with E-state index in [0.29, 0.717) is 13.1 Å². The average molecular weight is 417 g/mol. The van der Waals surface area contributed by atoms with E-state index in [2.05, 4.69) is 10.0 Å². The lowest BCUT2D eigenvalue weighted by Crippen LogP contribution is -2.51. The van der Waals surface area contributed by atoms with E-state index >= 15 is 0 Å². The smallest absolute Gasteiger partial charge is 0.243 e. The molecule has 2 rings (SSSR count). The number of amides is 1. The molecular weight excluding hydrogens is 397 g/mol. The van der Waals surface area contributed by atoms with Crippen LogP contribution in [0.2, 0.25) is 10.0 Å². The third-order valence-electron chi connectivity index (χ3n) is 3.54. The minimum Gasteiger partial charge on any atom is -0.340 e. The molecule has 6 nitrogen and oxygen atoms in total. The zero-order valence-corrected chi connectivity index (χ0v) is 16.2. The van der Waals surface area contributed by atoms with Crippen molar-refractivity contribution in [3.63, 3.8) is 0 Å². The summed E-state index contributed by atoms with van der Waals surface area (Å²) in [5.74, 6) is -0.0775. The van der Waals surface area contributed by atoms with E-state index in [-0.39, 0.29) is 52.3 Å². The molecule has 0 bridgehead atoms. The van der Waals surface area contributed by atoms with Crippen LogP contribution in [-0.2, 0) is 14.8 Å². The predicted octanol–water partition coefficient (Wildman–Crippen LogP) is 1.90. The highest BCUT2D eigenvalue weighted by atomic mass is 35.5. The molecule has 0 saturated carbocycles. The summed E-state index contributed by atoms with van der Waals surface area (Å²) in [6.45, 7) is 4.00. The molecule has 1 amide bonds. The van der Waals surface area contributed by atoms with Crippen LogP contribution >= 0.6 is 35.6 Å². The third kappa shape index (κ3) is 5.47. The molecule has 24 heavy (non-hydrogen) atoms. The van der Waals surface area contributed by atoms with Gasteiger partial charge in [-0.1, -0.05) is 29.3 Å². The Labute approximate surface area is 158 Å². The number of hydrogen-bond acceptors (Lipinski definition) is 4. The van der Waals surface area contributed by atoms with Gasteiger partial charge in [0.1, 0.15) is 4.90 Å². The Morgan fingerprint density at radius 1 is 1.38 bits per heavy atom. The van der Waals surface area contributed by atoms with E-state index < -0.39 is 10.0 Å². The molecule has 0 spiro atoms. The van der Waals surface area contributed by atoms with Crippen molar-refractivity contribution in [3.05, 3.63) is 28.2 Å². The van der Waals surface area contributed by atoms with E-state index in [1.165, 1.54) is 12.1 Å². The quantitative estimate of drug-likeness (QED) is 0.768. The van der Waals surface area contributed by atoms with Crippen LogP contribution in [-0.4, -0.2) is 51.4 Å². The van der Waals surface area contributed by atoms with Gasteiger partial charge >= 0.3 is 0 Å². The highest BCUT2D eigenvalue weighted by molar-refractivity contribution is 7.89.